The van der Waals surface area contributed by atoms with Crippen LogP contribution in [0.2, 0.25) is 0 Å². The van der Waals surface area contributed by atoms with Crippen molar-refractivity contribution in [1.29, 1.82) is 0 Å². The van der Waals surface area contributed by atoms with Crippen molar-refractivity contribution in [2.45, 2.75) is 51.0 Å². The van der Waals surface area contributed by atoms with Crippen LogP contribution < -0.4 is 5.73 Å². The molecule has 0 spiro atoms. The van der Waals surface area contributed by atoms with E-state index < -0.39 is 11.6 Å². The van der Waals surface area contributed by atoms with Gasteiger partial charge in [-0.3, -0.25) is 0 Å². The summed E-state index contributed by atoms with van der Waals surface area (Å²) in [6, 6.07) is 3.41. The van der Waals surface area contributed by atoms with Crippen molar-refractivity contribution in [1.82, 2.24) is 0 Å². The lowest BCUT2D eigenvalue weighted by Gasteiger charge is -2.26. The quantitative estimate of drug-likeness (QED) is 0.834. The highest BCUT2D eigenvalue weighted by molar-refractivity contribution is 5.22. The summed E-state index contributed by atoms with van der Waals surface area (Å²) in [6.45, 7) is 0. The van der Waals surface area contributed by atoms with Crippen molar-refractivity contribution in [3.05, 3.63) is 35.4 Å². The first-order valence-corrected chi connectivity index (χ1v) is 6.89. The molecule has 3 heteroatoms. The molecular formula is C15H21F2N. The number of hydrogen-bond acceptors (Lipinski definition) is 1. The molecule has 1 fully saturated rings. The number of hydrogen-bond donors (Lipinski definition) is 1. The minimum Gasteiger partial charge on any atom is -0.324 e. The minimum atomic E-state index is -0.541. The van der Waals surface area contributed by atoms with E-state index in [9.17, 15) is 8.78 Å². The molecule has 100 valence electrons. The third kappa shape index (κ3) is 3.29. The summed E-state index contributed by atoms with van der Waals surface area (Å²) >= 11 is 0. The van der Waals surface area contributed by atoms with E-state index in [1.54, 1.807) is 0 Å². The first-order valence-electron chi connectivity index (χ1n) is 6.89. The molecule has 0 saturated heterocycles. The van der Waals surface area contributed by atoms with Gasteiger partial charge in [0, 0.05) is 17.7 Å². The largest absolute Gasteiger partial charge is 0.324 e. The second kappa shape index (κ2) is 6.28. The maximum atomic E-state index is 13.7. The molecule has 2 N–H and O–H groups in total. The highest BCUT2D eigenvalue weighted by atomic mass is 19.1. The van der Waals surface area contributed by atoms with E-state index in [2.05, 4.69) is 0 Å². The number of rotatable bonds is 2. The summed E-state index contributed by atoms with van der Waals surface area (Å²) in [7, 11) is 0. The molecule has 0 bridgehead atoms. The molecule has 1 saturated carbocycles. The van der Waals surface area contributed by atoms with Gasteiger partial charge in [-0.2, -0.15) is 0 Å². The van der Waals surface area contributed by atoms with Gasteiger partial charge < -0.3 is 5.73 Å². The molecule has 1 atom stereocenters. The zero-order chi connectivity index (χ0) is 13.0. The first kappa shape index (κ1) is 13.5. The molecule has 1 aliphatic rings. The molecule has 1 nitrogen and oxygen atoms in total. The molecule has 0 aliphatic heterocycles. The van der Waals surface area contributed by atoms with Crippen LogP contribution in [-0.4, -0.2) is 0 Å². The van der Waals surface area contributed by atoms with Crippen molar-refractivity contribution in [2.24, 2.45) is 11.7 Å². The lowest BCUT2D eigenvalue weighted by atomic mass is 9.83. The maximum absolute atomic E-state index is 13.7. The molecule has 0 amide bonds. The van der Waals surface area contributed by atoms with Gasteiger partial charge in [0.1, 0.15) is 11.6 Å². The average Bonchev–Trinajstić information content (AvgIpc) is 2.27. The van der Waals surface area contributed by atoms with Crippen LogP contribution in [0.15, 0.2) is 18.2 Å². The number of benzene rings is 1. The molecule has 1 aliphatic carbocycles. The third-order valence-electron chi connectivity index (χ3n) is 3.98. The summed E-state index contributed by atoms with van der Waals surface area (Å²) in [5.41, 5.74) is 6.64. The first-order chi connectivity index (χ1) is 8.68. The van der Waals surface area contributed by atoms with Gasteiger partial charge in [-0.25, -0.2) is 8.78 Å². The van der Waals surface area contributed by atoms with Crippen molar-refractivity contribution in [3.8, 4) is 0 Å². The van der Waals surface area contributed by atoms with E-state index in [-0.39, 0.29) is 6.04 Å². The fourth-order valence-electron chi connectivity index (χ4n) is 2.87. The Bertz CT molecular complexity index is 384. The number of nitrogens with two attached hydrogens (primary N) is 1. The summed E-state index contributed by atoms with van der Waals surface area (Å²) in [4.78, 5) is 0. The highest BCUT2D eigenvalue weighted by Gasteiger charge is 2.22. The predicted octanol–water partition coefficient (Wildman–Crippen LogP) is 4.33. The molecular weight excluding hydrogens is 232 g/mol. The second-order valence-electron chi connectivity index (χ2n) is 5.30. The zero-order valence-electron chi connectivity index (χ0n) is 10.7. The third-order valence-corrected chi connectivity index (χ3v) is 3.98. The van der Waals surface area contributed by atoms with E-state index >= 15 is 0 Å². The highest BCUT2D eigenvalue weighted by Crippen LogP contribution is 2.32. The summed E-state index contributed by atoms with van der Waals surface area (Å²) < 4.78 is 26.6. The Labute approximate surface area is 107 Å². The fraction of sp³-hybridized carbons (Fsp3) is 0.600. The normalized spacial score (nSPS) is 20.2. The second-order valence-corrected chi connectivity index (χ2v) is 5.30. The Kier molecular flexibility index (Phi) is 4.70. The average molecular weight is 253 g/mol. The van der Waals surface area contributed by atoms with E-state index in [0.717, 1.165) is 18.9 Å². The summed E-state index contributed by atoms with van der Waals surface area (Å²) in [6.07, 6.45) is 8.23. The Morgan fingerprint density at radius 3 is 2.22 bits per heavy atom. The van der Waals surface area contributed by atoms with Crippen LogP contribution in [0.3, 0.4) is 0 Å². The van der Waals surface area contributed by atoms with Crippen molar-refractivity contribution in [3.63, 3.8) is 0 Å². The van der Waals surface area contributed by atoms with E-state index in [1.165, 1.54) is 44.2 Å². The molecule has 1 aromatic rings. The van der Waals surface area contributed by atoms with Crippen LogP contribution in [0.4, 0.5) is 8.78 Å². The Morgan fingerprint density at radius 2 is 1.61 bits per heavy atom. The number of halogens is 2. The Hall–Kier alpha value is -0.960. The Balaban J connectivity index is 2.10. The summed E-state index contributed by atoms with van der Waals surface area (Å²) in [5, 5.41) is 0. The molecule has 0 aromatic heterocycles. The van der Waals surface area contributed by atoms with Crippen LogP contribution in [0.25, 0.3) is 0 Å². The van der Waals surface area contributed by atoms with Crippen LogP contribution >= 0.6 is 0 Å². The monoisotopic (exact) mass is 253 g/mol. The van der Waals surface area contributed by atoms with Gasteiger partial charge in [0.2, 0.25) is 0 Å². The van der Waals surface area contributed by atoms with Gasteiger partial charge in [0.05, 0.1) is 0 Å². The predicted molar refractivity (Wildman–Crippen MR) is 69.1 cm³/mol. The molecule has 1 aromatic carbocycles. The molecule has 0 radical (unpaired) electrons. The van der Waals surface area contributed by atoms with Crippen molar-refractivity contribution >= 4 is 0 Å². The van der Waals surface area contributed by atoms with Gasteiger partial charge in [0.15, 0.2) is 0 Å². The van der Waals surface area contributed by atoms with Crippen LogP contribution in [0.5, 0.6) is 0 Å². The topological polar surface area (TPSA) is 26.0 Å². The van der Waals surface area contributed by atoms with Crippen molar-refractivity contribution < 1.29 is 8.78 Å². The van der Waals surface area contributed by atoms with Gasteiger partial charge >= 0.3 is 0 Å². The van der Waals surface area contributed by atoms with Crippen LogP contribution in [0, 0.1) is 17.6 Å². The lowest BCUT2D eigenvalue weighted by Crippen LogP contribution is -2.23. The van der Waals surface area contributed by atoms with Crippen LogP contribution in [-0.2, 0) is 0 Å². The molecule has 1 unspecified atom stereocenters. The van der Waals surface area contributed by atoms with E-state index in [4.69, 9.17) is 5.73 Å². The van der Waals surface area contributed by atoms with Crippen molar-refractivity contribution in [2.75, 3.05) is 0 Å². The van der Waals surface area contributed by atoms with E-state index in [1.807, 2.05) is 0 Å². The zero-order valence-corrected chi connectivity index (χ0v) is 10.7. The van der Waals surface area contributed by atoms with Crippen LogP contribution in [0.1, 0.15) is 56.6 Å². The molecule has 2 rings (SSSR count). The Morgan fingerprint density at radius 1 is 1.00 bits per heavy atom. The van der Waals surface area contributed by atoms with Gasteiger partial charge in [-0.1, -0.05) is 38.2 Å². The van der Waals surface area contributed by atoms with Gasteiger partial charge in [0.25, 0.3) is 0 Å². The molecule has 18 heavy (non-hydrogen) atoms. The van der Waals surface area contributed by atoms with Gasteiger partial charge in [-0.05, 0) is 24.8 Å². The summed E-state index contributed by atoms with van der Waals surface area (Å²) in [5.74, 6) is -0.726. The molecule has 0 heterocycles. The minimum absolute atomic E-state index is 0.302. The van der Waals surface area contributed by atoms with Gasteiger partial charge in [-0.15, -0.1) is 0 Å². The standard InChI is InChI=1S/C15H21F2N/c16-12-8-9-13(14(17)10-12)15(18)11-6-4-2-1-3-5-7-11/h8-11,15H,1-7,18H2. The van der Waals surface area contributed by atoms with E-state index in [0.29, 0.717) is 11.5 Å². The lowest BCUT2D eigenvalue weighted by molar-refractivity contribution is 0.322. The fourth-order valence-corrected chi connectivity index (χ4v) is 2.87. The smallest absolute Gasteiger partial charge is 0.130 e. The SMILES string of the molecule is NC(c1ccc(F)cc1F)C1CCCCCCC1. The maximum Gasteiger partial charge on any atom is 0.130 e.